The van der Waals surface area contributed by atoms with E-state index in [2.05, 4.69) is 28.6 Å². The molecule has 1 spiro atoms. The first kappa shape index (κ1) is 17.8. The molecule has 0 saturated carbocycles. The summed E-state index contributed by atoms with van der Waals surface area (Å²) in [5, 5.41) is 5.23. The number of carbonyl (C=O) groups excluding carboxylic acids is 1. The van der Waals surface area contributed by atoms with Gasteiger partial charge in [0.1, 0.15) is 5.69 Å². The maximum Gasteiger partial charge on any atom is 0.267 e. The Balaban J connectivity index is 1.20. The first-order chi connectivity index (χ1) is 12.5. The molecule has 6 heteroatoms. The second-order valence-electron chi connectivity index (χ2n) is 7.79. The normalized spacial score (nSPS) is 22.3. The summed E-state index contributed by atoms with van der Waals surface area (Å²) < 4.78 is 8.09. The Morgan fingerprint density at radius 2 is 2.27 bits per heavy atom. The molecule has 1 N–H and O–H groups in total. The van der Waals surface area contributed by atoms with Gasteiger partial charge in [-0.2, -0.15) is 0 Å². The van der Waals surface area contributed by atoms with Gasteiger partial charge in [-0.25, -0.2) is 0 Å². The van der Waals surface area contributed by atoms with E-state index in [0.29, 0.717) is 18.2 Å². The number of hydrogen-bond donors (Lipinski definition) is 1. The highest BCUT2D eigenvalue weighted by Crippen LogP contribution is 2.37. The van der Waals surface area contributed by atoms with Crippen LogP contribution in [0.5, 0.6) is 0 Å². The number of carbonyl (C=O) groups is 1. The minimum Gasteiger partial charge on any atom is -0.372 e. The van der Waals surface area contributed by atoms with Gasteiger partial charge in [0.25, 0.3) is 5.91 Å². The number of thiophene rings is 1. The highest BCUT2D eigenvalue weighted by atomic mass is 32.1. The fourth-order valence-corrected chi connectivity index (χ4v) is 4.95. The summed E-state index contributed by atoms with van der Waals surface area (Å²) in [6, 6.07) is 5.93. The van der Waals surface area contributed by atoms with Crippen molar-refractivity contribution in [2.45, 2.75) is 31.9 Å². The number of rotatable bonds is 5. The average Bonchev–Trinajstić information content (AvgIpc) is 3.21. The van der Waals surface area contributed by atoms with Crippen molar-refractivity contribution in [3.05, 3.63) is 45.9 Å². The van der Waals surface area contributed by atoms with Crippen LogP contribution in [0, 0.1) is 12.8 Å². The molecule has 4 heterocycles. The van der Waals surface area contributed by atoms with Gasteiger partial charge >= 0.3 is 0 Å². The quantitative estimate of drug-likeness (QED) is 0.877. The number of nitrogens with zero attached hydrogens (tertiary/aromatic N) is 2. The van der Waals surface area contributed by atoms with Crippen LogP contribution in [0.1, 0.15) is 33.8 Å². The first-order valence-electron chi connectivity index (χ1n) is 9.33. The van der Waals surface area contributed by atoms with Crippen LogP contribution in [0.3, 0.4) is 0 Å². The zero-order valence-electron chi connectivity index (χ0n) is 15.5. The van der Waals surface area contributed by atoms with Crippen molar-refractivity contribution >= 4 is 17.2 Å². The van der Waals surface area contributed by atoms with Gasteiger partial charge in [-0.15, -0.1) is 11.3 Å². The van der Waals surface area contributed by atoms with Gasteiger partial charge in [-0.05, 0) is 54.8 Å². The Morgan fingerprint density at radius 1 is 1.42 bits per heavy atom. The third-order valence-corrected chi connectivity index (χ3v) is 6.73. The zero-order chi connectivity index (χ0) is 18.1. The summed E-state index contributed by atoms with van der Waals surface area (Å²) in [7, 11) is 1.89. The Kier molecular flexibility index (Phi) is 4.90. The molecule has 2 aromatic rings. The van der Waals surface area contributed by atoms with E-state index in [9.17, 15) is 4.79 Å². The van der Waals surface area contributed by atoms with Crippen LogP contribution in [-0.2, 0) is 18.3 Å². The molecule has 2 saturated heterocycles. The molecule has 5 nitrogen and oxygen atoms in total. The lowest BCUT2D eigenvalue weighted by Gasteiger charge is -2.53. The lowest BCUT2D eigenvalue weighted by atomic mass is 9.83. The molecule has 0 radical (unpaired) electrons. The van der Waals surface area contributed by atoms with Crippen LogP contribution in [0.15, 0.2) is 29.8 Å². The summed E-state index contributed by atoms with van der Waals surface area (Å²) in [5.74, 6) is 0.414. The minimum atomic E-state index is -0.000997. The molecule has 2 aliphatic heterocycles. The molecule has 26 heavy (non-hydrogen) atoms. The topological polar surface area (TPSA) is 46.5 Å². The molecular weight excluding hydrogens is 346 g/mol. The molecule has 2 fully saturated rings. The molecule has 0 bridgehead atoms. The molecule has 0 unspecified atom stereocenters. The van der Waals surface area contributed by atoms with Crippen LogP contribution in [0.2, 0.25) is 0 Å². The predicted octanol–water partition coefficient (Wildman–Crippen LogP) is 2.81. The van der Waals surface area contributed by atoms with E-state index in [-0.39, 0.29) is 11.5 Å². The third kappa shape index (κ3) is 3.59. The molecule has 0 aliphatic carbocycles. The molecule has 2 aliphatic rings. The number of ether oxygens (including phenoxy) is 1. The second kappa shape index (κ2) is 7.18. The van der Waals surface area contributed by atoms with Crippen molar-refractivity contribution in [2.24, 2.45) is 13.0 Å². The van der Waals surface area contributed by atoms with Crippen molar-refractivity contribution < 1.29 is 9.53 Å². The van der Waals surface area contributed by atoms with Gasteiger partial charge in [0.15, 0.2) is 0 Å². The van der Waals surface area contributed by atoms with Gasteiger partial charge in [-0.3, -0.25) is 9.69 Å². The highest BCUT2D eigenvalue weighted by molar-refractivity contribution is 7.10. The Morgan fingerprint density at radius 3 is 2.88 bits per heavy atom. The van der Waals surface area contributed by atoms with E-state index in [1.807, 2.05) is 41.3 Å². The lowest BCUT2D eigenvalue weighted by Crippen LogP contribution is -2.64. The Hall–Kier alpha value is -1.63. The summed E-state index contributed by atoms with van der Waals surface area (Å²) in [6.45, 7) is 6.74. The van der Waals surface area contributed by atoms with Crippen molar-refractivity contribution in [1.82, 2.24) is 14.8 Å². The van der Waals surface area contributed by atoms with E-state index in [1.165, 1.54) is 10.4 Å². The number of hydrogen-bond acceptors (Lipinski definition) is 4. The SMILES string of the molecule is Cc1ccsc1CN1CC2(CC[C@@H](CNC(=O)c3cccn3C)CO2)C1. The number of amides is 1. The maximum absolute atomic E-state index is 12.2. The number of likely N-dealkylation sites (tertiary alicyclic amines) is 1. The van der Waals surface area contributed by atoms with Crippen molar-refractivity contribution in [2.75, 3.05) is 26.2 Å². The molecule has 140 valence electrons. The van der Waals surface area contributed by atoms with Gasteiger partial charge in [0.05, 0.1) is 12.2 Å². The average molecular weight is 374 g/mol. The zero-order valence-corrected chi connectivity index (χ0v) is 16.3. The maximum atomic E-state index is 12.2. The smallest absolute Gasteiger partial charge is 0.267 e. The largest absolute Gasteiger partial charge is 0.372 e. The standard InChI is InChI=1S/C20H27N3O2S/c1-15-6-9-26-18(15)11-23-13-20(14-23)7-5-16(12-25-20)10-21-19(24)17-4-3-8-22(17)2/h3-4,6,8-9,16H,5,7,10-14H2,1-2H3,(H,21,24)/t16-/m0/s1. The van der Waals surface area contributed by atoms with Crippen LogP contribution in [-0.4, -0.2) is 47.2 Å². The number of aryl methyl sites for hydroxylation is 2. The van der Waals surface area contributed by atoms with Gasteiger partial charge in [0.2, 0.25) is 0 Å². The summed E-state index contributed by atoms with van der Waals surface area (Å²) in [6.07, 6.45) is 4.11. The Bertz CT molecular complexity index is 766. The van der Waals surface area contributed by atoms with Gasteiger partial charge < -0.3 is 14.6 Å². The van der Waals surface area contributed by atoms with E-state index < -0.39 is 0 Å². The van der Waals surface area contributed by atoms with Crippen molar-refractivity contribution in [3.63, 3.8) is 0 Å². The summed E-state index contributed by atoms with van der Waals surface area (Å²) in [4.78, 5) is 16.2. The molecule has 2 aromatic heterocycles. The third-order valence-electron chi connectivity index (χ3n) is 5.72. The molecule has 1 atom stereocenters. The Labute approximate surface area is 159 Å². The summed E-state index contributed by atoms with van der Waals surface area (Å²) >= 11 is 1.85. The second-order valence-corrected chi connectivity index (χ2v) is 8.79. The van der Waals surface area contributed by atoms with E-state index in [4.69, 9.17) is 4.74 Å². The van der Waals surface area contributed by atoms with Crippen LogP contribution < -0.4 is 5.32 Å². The number of nitrogens with one attached hydrogen (secondary N) is 1. The lowest BCUT2D eigenvalue weighted by molar-refractivity contribution is -0.181. The molecule has 1 amide bonds. The van der Waals surface area contributed by atoms with Crippen molar-refractivity contribution in [3.8, 4) is 0 Å². The predicted molar refractivity (Wildman–Crippen MR) is 103 cm³/mol. The fraction of sp³-hybridized carbons (Fsp3) is 0.550. The van der Waals surface area contributed by atoms with E-state index in [1.54, 1.807) is 0 Å². The van der Waals surface area contributed by atoms with Crippen LogP contribution in [0.4, 0.5) is 0 Å². The van der Waals surface area contributed by atoms with Crippen LogP contribution in [0.25, 0.3) is 0 Å². The molecule has 4 rings (SSSR count). The van der Waals surface area contributed by atoms with E-state index in [0.717, 1.165) is 39.1 Å². The van der Waals surface area contributed by atoms with Crippen LogP contribution >= 0.6 is 11.3 Å². The van der Waals surface area contributed by atoms with Gasteiger partial charge in [0, 0.05) is 44.3 Å². The van der Waals surface area contributed by atoms with Crippen molar-refractivity contribution in [1.29, 1.82) is 0 Å². The minimum absolute atomic E-state index is 0.000997. The summed E-state index contributed by atoms with van der Waals surface area (Å²) in [5.41, 5.74) is 2.16. The first-order valence-corrected chi connectivity index (χ1v) is 10.2. The van der Waals surface area contributed by atoms with E-state index >= 15 is 0 Å². The molecular formula is C20H27N3O2S. The van der Waals surface area contributed by atoms with Gasteiger partial charge in [-0.1, -0.05) is 0 Å². The monoisotopic (exact) mass is 373 g/mol. The number of aromatic nitrogens is 1. The molecule has 0 aromatic carbocycles. The highest BCUT2D eigenvalue weighted by Gasteiger charge is 2.46. The fourth-order valence-electron chi connectivity index (χ4n) is 4.00.